The third-order valence-electron chi connectivity index (χ3n) is 4.36. The molecule has 0 fully saturated rings. The van der Waals surface area contributed by atoms with Crippen molar-refractivity contribution in [2.75, 3.05) is 5.32 Å². The molecule has 0 aromatic heterocycles. The highest BCUT2D eigenvalue weighted by Gasteiger charge is 2.17. The van der Waals surface area contributed by atoms with Crippen LogP contribution in [0.1, 0.15) is 28.4 Å². The Morgan fingerprint density at radius 1 is 0.893 bits per heavy atom. The molecule has 0 radical (unpaired) electrons. The Morgan fingerprint density at radius 3 is 2.25 bits per heavy atom. The van der Waals surface area contributed by atoms with E-state index in [1.54, 1.807) is 31.2 Å². The normalized spacial score (nSPS) is 11.5. The molecule has 2 amide bonds. The van der Waals surface area contributed by atoms with Gasteiger partial charge in [0.25, 0.3) is 5.91 Å². The number of rotatable bonds is 6. The number of halogens is 1. The van der Waals surface area contributed by atoms with Crippen LogP contribution in [0, 0.1) is 0 Å². The Bertz CT molecular complexity index is 956. The summed E-state index contributed by atoms with van der Waals surface area (Å²) in [6.45, 7) is 1.66. The van der Waals surface area contributed by atoms with Crippen LogP contribution in [0.3, 0.4) is 0 Å². The minimum absolute atomic E-state index is 0.275. The zero-order valence-electron chi connectivity index (χ0n) is 15.5. The molecule has 0 bridgehead atoms. The van der Waals surface area contributed by atoms with Crippen molar-refractivity contribution in [1.29, 1.82) is 0 Å². The lowest BCUT2D eigenvalue weighted by molar-refractivity contribution is -0.117. The molecule has 142 valence electrons. The zero-order chi connectivity index (χ0) is 19.9. The van der Waals surface area contributed by atoms with Crippen LogP contribution in [-0.2, 0) is 11.2 Å². The Balaban J connectivity index is 1.65. The number of carbonyl (C=O) groups is 2. The number of carbonyl (C=O) groups excluding carboxylic acids is 2. The van der Waals surface area contributed by atoms with Crippen molar-refractivity contribution in [3.8, 4) is 0 Å². The third kappa shape index (κ3) is 5.21. The second-order valence-corrected chi connectivity index (χ2v) is 6.95. The van der Waals surface area contributed by atoms with Gasteiger partial charge in [-0.05, 0) is 54.8 Å². The summed E-state index contributed by atoms with van der Waals surface area (Å²) < 4.78 is 0. The van der Waals surface area contributed by atoms with Gasteiger partial charge in [-0.1, -0.05) is 60.1 Å². The molecule has 0 heterocycles. The number of benzene rings is 3. The molecule has 0 spiro atoms. The van der Waals surface area contributed by atoms with E-state index in [-0.39, 0.29) is 11.8 Å². The van der Waals surface area contributed by atoms with E-state index in [0.29, 0.717) is 17.0 Å². The SMILES string of the molecule is CC(NC(=O)c1ccc(Cl)cc1)C(=O)Nc1ccccc1Cc1ccccc1. The van der Waals surface area contributed by atoms with E-state index in [1.165, 1.54) is 0 Å². The molecule has 0 saturated carbocycles. The van der Waals surface area contributed by atoms with Crippen molar-refractivity contribution in [2.24, 2.45) is 0 Å². The minimum Gasteiger partial charge on any atom is -0.341 e. The van der Waals surface area contributed by atoms with Gasteiger partial charge in [0.15, 0.2) is 0 Å². The van der Waals surface area contributed by atoms with Gasteiger partial charge in [0, 0.05) is 16.3 Å². The summed E-state index contributed by atoms with van der Waals surface area (Å²) in [5.41, 5.74) is 3.36. The largest absolute Gasteiger partial charge is 0.341 e. The van der Waals surface area contributed by atoms with E-state index >= 15 is 0 Å². The van der Waals surface area contributed by atoms with Crippen molar-refractivity contribution >= 4 is 29.1 Å². The van der Waals surface area contributed by atoms with Crippen molar-refractivity contribution in [3.05, 3.63) is 101 Å². The third-order valence-corrected chi connectivity index (χ3v) is 4.61. The summed E-state index contributed by atoms with van der Waals surface area (Å²) in [6.07, 6.45) is 0.711. The maximum absolute atomic E-state index is 12.6. The first-order valence-electron chi connectivity index (χ1n) is 9.02. The lowest BCUT2D eigenvalue weighted by Crippen LogP contribution is -2.41. The maximum Gasteiger partial charge on any atom is 0.251 e. The molecule has 1 unspecified atom stereocenters. The Kier molecular flexibility index (Phi) is 6.45. The van der Waals surface area contributed by atoms with Gasteiger partial charge in [-0.3, -0.25) is 9.59 Å². The number of hydrogen-bond donors (Lipinski definition) is 2. The summed E-state index contributed by atoms with van der Waals surface area (Å²) in [5.74, 6) is -0.597. The predicted molar refractivity (Wildman–Crippen MR) is 113 cm³/mol. The van der Waals surface area contributed by atoms with Gasteiger partial charge in [-0.25, -0.2) is 0 Å². The molecule has 4 nitrogen and oxygen atoms in total. The molecule has 28 heavy (non-hydrogen) atoms. The number of hydrogen-bond acceptors (Lipinski definition) is 2. The van der Waals surface area contributed by atoms with Gasteiger partial charge in [0.05, 0.1) is 0 Å². The second-order valence-electron chi connectivity index (χ2n) is 6.51. The van der Waals surface area contributed by atoms with Gasteiger partial charge in [-0.2, -0.15) is 0 Å². The van der Waals surface area contributed by atoms with Gasteiger partial charge in [0.1, 0.15) is 6.04 Å². The Labute approximate surface area is 169 Å². The predicted octanol–water partition coefficient (Wildman–Crippen LogP) is 4.69. The monoisotopic (exact) mass is 392 g/mol. The van der Waals surface area contributed by atoms with Gasteiger partial charge < -0.3 is 10.6 Å². The van der Waals surface area contributed by atoms with Crippen molar-refractivity contribution in [1.82, 2.24) is 5.32 Å². The van der Waals surface area contributed by atoms with Gasteiger partial charge in [0.2, 0.25) is 5.91 Å². The Hall–Kier alpha value is -3.11. The molecular weight excluding hydrogens is 372 g/mol. The molecular formula is C23H21ClN2O2. The van der Waals surface area contributed by atoms with E-state index in [0.717, 1.165) is 16.8 Å². The highest BCUT2D eigenvalue weighted by molar-refractivity contribution is 6.30. The first-order chi connectivity index (χ1) is 13.5. The number of amides is 2. The first-order valence-corrected chi connectivity index (χ1v) is 9.40. The van der Waals surface area contributed by atoms with E-state index in [1.807, 2.05) is 54.6 Å². The van der Waals surface area contributed by atoms with Crippen molar-refractivity contribution in [2.45, 2.75) is 19.4 Å². The molecule has 3 aromatic rings. The smallest absolute Gasteiger partial charge is 0.251 e. The Morgan fingerprint density at radius 2 is 1.54 bits per heavy atom. The molecule has 0 aliphatic carbocycles. The van der Waals surface area contributed by atoms with E-state index in [4.69, 9.17) is 11.6 Å². The highest BCUT2D eigenvalue weighted by atomic mass is 35.5. The van der Waals surface area contributed by atoms with Crippen molar-refractivity contribution in [3.63, 3.8) is 0 Å². The summed E-state index contributed by atoms with van der Waals surface area (Å²) in [5, 5.41) is 6.19. The fraction of sp³-hybridized carbons (Fsp3) is 0.130. The van der Waals surface area contributed by atoms with Crippen LogP contribution < -0.4 is 10.6 Å². The van der Waals surface area contributed by atoms with E-state index < -0.39 is 6.04 Å². The fourth-order valence-corrected chi connectivity index (χ4v) is 2.93. The minimum atomic E-state index is -0.687. The summed E-state index contributed by atoms with van der Waals surface area (Å²) in [6, 6.07) is 23.6. The number of nitrogens with one attached hydrogen (secondary N) is 2. The van der Waals surface area contributed by atoms with E-state index in [2.05, 4.69) is 10.6 Å². The molecule has 0 aliphatic rings. The molecule has 0 aliphatic heterocycles. The van der Waals surface area contributed by atoms with Crippen LogP contribution in [0.15, 0.2) is 78.9 Å². The fourth-order valence-electron chi connectivity index (χ4n) is 2.80. The van der Waals surface area contributed by atoms with Crippen LogP contribution in [-0.4, -0.2) is 17.9 Å². The van der Waals surface area contributed by atoms with Crippen molar-refractivity contribution < 1.29 is 9.59 Å². The summed E-state index contributed by atoms with van der Waals surface area (Å²) in [7, 11) is 0. The van der Waals surface area contributed by atoms with Crippen LogP contribution in [0.4, 0.5) is 5.69 Å². The topological polar surface area (TPSA) is 58.2 Å². The van der Waals surface area contributed by atoms with E-state index in [9.17, 15) is 9.59 Å². The summed E-state index contributed by atoms with van der Waals surface area (Å²) >= 11 is 5.84. The molecule has 1 atom stereocenters. The van der Waals surface area contributed by atoms with Crippen LogP contribution in [0.2, 0.25) is 5.02 Å². The quantitative estimate of drug-likeness (QED) is 0.639. The number of anilines is 1. The lowest BCUT2D eigenvalue weighted by Gasteiger charge is -2.16. The van der Waals surface area contributed by atoms with Crippen LogP contribution in [0.5, 0.6) is 0 Å². The molecule has 3 aromatic carbocycles. The standard InChI is InChI=1S/C23H21ClN2O2/c1-16(25-23(28)18-11-13-20(24)14-12-18)22(27)26-21-10-6-5-9-19(21)15-17-7-3-2-4-8-17/h2-14,16H,15H2,1H3,(H,25,28)(H,26,27). The van der Waals surface area contributed by atoms with Crippen LogP contribution >= 0.6 is 11.6 Å². The molecule has 3 rings (SSSR count). The zero-order valence-corrected chi connectivity index (χ0v) is 16.2. The second kappa shape index (κ2) is 9.20. The van der Waals surface area contributed by atoms with Crippen LogP contribution in [0.25, 0.3) is 0 Å². The molecule has 2 N–H and O–H groups in total. The average Bonchev–Trinajstić information content (AvgIpc) is 2.70. The first kappa shape index (κ1) is 19.6. The van der Waals surface area contributed by atoms with Gasteiger partial charge >= 0.3 is 0 Å². The maximum atomic E-state index is 12.6. The molecule has 0 saturated heterocycles. The van der Waals surface area contributed by atoms with Gasteiger partial charge in [-0.15, -0.1) is 0 Å². The average molecular weight is 393 g/mol. The molecule has 5 heteroatoms. The lowest BCUT2D eigenvalue weighted by atomic mass is 10.0. The summed E-state index contributed by atoms with van der Waals surface area (Å²) in [4.78, 5) is 24.9. The highest BCUT2D eigenvalue weighted by Crippen LogP contribution is 2.19. The number of para-hydroxylation sites is 1.